The van der Waals surface area contributed by atoms with Gasteiger partial charge in [0.25, 0.3) is 5.91 Å². The summed E-state index contributed by atoms with van der Waals surface area (Å²) < 4.78 is 11.6. The first-order valence-corrected chi connectivity index (χ1v) is 7.78. The number of aryl methyl sites for hydroxylation is 1. The fourth-order valence-corrected chi connectivity index (χ4v) is 2.54. The van der Waals surface area contributed by atoms with Crippen molar-refractivity contribution in [1.82, 2.24) is 10.3 Å². The third-order valence-electron chi connectivity index (χ3n) is 3.91. The van der Waals surface area contributed by atoms with Crippen molar-refractivity contribution in [2.75, 3.05) is 13.2 Å². The maximum atomic E-state index is 12.3. The number of pyridine rings is 1. The van der Waals surface area contributed by atoms with Crippen molar-refractivity contribution in [1.29, 1.82) is 0 Å². The van der Waals surface area contributed by atoms with Gasteiger partial charge in [0.1, 0.15) is 12.3 Å². The highest BCUT2D eigenvalue weighted by Crippen LogP contribution is 2.34. The summed E-state index contributed by atoms with van der Waals surface area (Å²) in [6.45, 7) is 3.92. The van der Waals surface area contributed by atoms with Crippen LogP contribution < -0.4 is 14.8 Å². The van der Waals surface area contributed by atoms with Crippen LogP contribution in [0, 0.1) is 6.92 Å². The number of nitrogens with zero attached hydrogens (tertiary/aromatic N) is 1. The Bertz CT molecular complexity index is 836. The van der Waals surface area contributed by atoms with E-state index >= 15 is 0 Å². The van der Waals surface area contributed by atoms with E-state index < -0.39 is 17.5 Å². The number of aromatic nitrogens is 1. The number of benzene rings is 1. The fraction of sp³-hybridized carbons (Fsp3) is 0.278. The maximum Gasteiger partial charge on any atom is 0.337 e. The number of carboxylic acid groups (broad SMARTS) is 1. The largest absolute Gasteiger partial charge is 0.485 e. The Morgan fingerprint density at radius 1 is 1.24 bits per heavy atom. The summed E-state index contributed by atoms with van der Waals surface area (Å²) in [5.41, 5.74) is -0.190. The number of hydrogen-bond donors (Lipinski definition) is 2. The zero-order valence-corrected chi connectivity index (χ0v) is 13.9. The summed E-state index contributed by atoms with van der Waals surface area (Å²) in [5.74, 6) is -0.169. The van der Waals surface area contributed by atoms with E-state index in [9.17, 15) is 9.59 Å². The standard InChI is InChI=1S/C18H18N2O5/c1-11-12(17(22)23)7-8-13(20-11)16(21)19-9-18(2)10-24-14-5-3-4-6-15(14)25-18/h3-8H,9-10H2,1-2H3,(H,19,21)(H,22,23). The minimum Gasteiger partial charge on any atom is -0.485 e. The van der Waals surface area contributed by atoms with E-state index in [0.29, 0.717) is 18.1 Å². The van der Waals surface area contributed by atoms with Crippen LogP contribution in [0.25, 0.3) is 0 Å². The molecule has 1 aromatic carbocycles. The number of para-hydroxylation sites is 2. The Kier molecular flexibility index (Phi) is 4.31. The summed E-state index contributed by atoms with van der Waals surface area (Å²) in [6.07, 6.45) is 0. The van der Waals surface area contributed by atoms with E-state index in [1.165, 1.54) is 12.1 Å². The smallest absolute Gasteiger partial charge is 0.337 e. The Morgan fingerprint density at radius 2 is 1.96 bits per heavy atom. The molecule has 1 aromatic heterocycles. The van der Waals surface area contributed by atoms with E-state index in [1.54, 1.807) is 6.92 Å². The highest BCUT2D eigenvalue weighted by molar-refractivity contribution is 5.94. The van der Waals surface area contributed by atoms with Crippen LogP contribution in [0.3, 0.4) is 0 Å². The molecule has 1 aliphatic heterocycles. The van der Waals surface area contributed by atoms with Gasteiger partial charge in [-0.25, -0.2) is 9.78 Å². The van der Waals surface area contributed by atoms with Crippen LogP contribution in [0.5, 0.6) is 11.5 Å². The lowest BCUT2D eigenvalue weighted by atomic mass is 10.1. The number of fused-ring (bicyclic) bond motifs is 1. The quantitative estimate of drug-likeness (QED) is 0.882. The zero-order valence-electron chi connectivity index (χ0n) is 13.9. The minimum absolute atomic E-state index is 0.0733. The van der Waals surface area contributed by atoms with Gasteiger partial charge in [-0.05, 0) is 38.1 Å². The molecule has 1 unspecified atom stereocenters. The normalized spacial score (nSPS) is 18.5. The molecule has 0 spiro atoms. The van der Waals surface area contributed by atoms with Crippen molar-refractivity contribution >= 4 is 11.9 Å². The van der Waals surface area contributed by atoms with E-state index in [2.05, 4.69) is 10.3 Å². The summed E-state index contributed by atoms with van der Waals surface area (Å²) in [4.78, 5) is 27.3. The van der Waals surface area contributed by atoms with Crippen LogP contribution in [0.2, 0.25) is 0 Å². The number of rotatable bonds is 4. The average Bonchev–Trinajstić information content (AvgIpc) is 2.59. The maximum absolute atomic E-state index is 12.3. The van der Waals surface area contributed by atoms with Gasteiger partial charge in [0.15, 0.2) is 17.1 Å². The van der Waals surface area contributed by atoms with Crippen molar-refractivity contribution in [2.45, 2.75) is 19.4 Å². The second kappa shape index (κ2) is 6.43. The van der Waals surface area contributed by atoms with Gasteiger partial charge in [-0.3, -0.25) is 4.79 Å². The summed E-state index contributed by atoms with van der Waals surface area (Å²) in [7, 11) is 0. The molecule has 0 saturated heterocycles. The van der Waals surface area contributed by atoms with E-state index in [1.807, 2.05) is 31.2 Å². The molecule has 0 saturated carbocycles. The average molecular weight is 342 g/mol. The number of aromatic carboxylic acids is 1. The molecule has 1 atom stereocenters. The van der Waals surface area contributed by atoms with Gasteiger partial charge in [0.05, 0.1) is 17.8 Å². The highest BCUT2D eigenvalue weighted by Gasteiger charge is 2.33. The molecule has 7 heteroatoms. The molecule has 7 nitrogen and oxygen atoms in total. The number of nitrogens with one attached hydrogen (secondary N) is 1. The van der Waals surface area contributed by atoms with Crippen LogP contribution in [0.15, 0.2) is 36.4 Å². The molecule has 2 heterocycles. The minimum atomic E-state index is -1.07. The lowest BCUT2D eigenvalue weighted by Crippen LogP contribution is -2.51. The Hall–Kier alpha value is -3.09. The van der Waals surface area contributed by atoms with Gasteiger partial charge in [-0.15, -0.1) is 0 Å². The van der Waals surface area contributed by atoms with Crippen molar-refractivity contribution < 1.29 is 24.2 Å². The van der Waals surface area contributed by atoms with Gasteiger partial charge < -0.3 is 19.9 Å². The van der Waals surface area contributed by atoms with Gasteiger partial charge in [-0.2, -0.15) is 0 Å². The Labute approximate surface area is 144 Å². The molecular weight excluding hydrogens is 324 g/mol. The summed E-state index contributed by atoms with van der Waals surface area (Å²) in [6, 6.07) is 10.1. The first kappa shape index (κ1) is 16.8. The monoisotopic (exact) mass is 342 g/mol. The second-order valence-electron chi connectivity index (χ2n) is 6.10. The molecule has 130 valence electrons. The lowest BCUT2D eigenvalue weighted by molar-refractivity contribution is 0.00720. The van der Waals surface area contributed by atoms with Crippen molar-refractivity contribution in [3.8, 4) is 11.5 Å². The number of carboxylic acids is 1. The third kappa shape index (κ3) is 3.55. The molecule has 1 amide bonds. The molecule has 3 rings (SSSR count). The molecule has 0 radical (unpaired) electrons. The summed E-state index contributed by atoms with van der Waals surface area (Å²) >= 11 is 0. The predicted molar refractivity (Wildman–Crippen MR) is 89.2 cm³/mol. The molecule has 0 aliphatic carbocycles. The number of hydrogen-bond acceptors (Lipinski definition) is 5. The van der Waals surface area contributed by atoms with Gasteiger partial charge >= 0.3 is 5.97 Å². The van der Waals surface area contributed by atoms with Crippen LogP contribution in [0.4, 0.5) is 0 Å². The number of ether oxygens (including phenoxy) is 2. The topological polar surface area (TPSA) is 97.8 Å². The SMILES string of the molecule is Cc1nc(C(=O)NCC2(C)COc3ccccc3O2)ccc1C(=O)O. The molecule has 1 aliphatic rings. The molecule has 0 bridgehead atoms. The molecule has 25 heavy (non-hydrogen) atoms. The lowest BCUT2D eigenvalue weighted by Gasteiger charge is -2.35. The van der Waals surface area contributed by atoms with E-state index in [0.717, 1.165) is 0 Å². The van der Waals surface area contributed by atoms with Crippen molar-refractivity contribution in [2.24, 2.45) is 0 Å². The Morgan fingerprint density at radius 3 is 2.64 bits per heavy atom. The van der Waals surface area contributed by atoms with Crippen LogP contribution in [-0.2, 0) is 0 Å². The molecule has 2 N–H and O–H groups in total. The van der Waals surface area contributed by atoms with Crippen molar-refractivity contribution in [3.05, 3.63) is 53.3 Å². The first-order valence-electron chi connectivity index (χ1n) is 7.78. The number of carbonyl (C=O) groups is 2. The van der Waals surface area contributed by atoms with Gasteiger partial charge in [0, 0.05) is 0 Å². The Balaban J connectivity index is 1.66. The van der Waals surface area contributed by atoms with Gasteiger partial charge in [-0.1, -0.05) is 12.1 Å². The molecule has 2 aromatic rings. The van der Waals surface area contributed by atoms with E-state index in [-0.39, 0.29) is 23.5 Å². The molecular formula is C18H18N2O5. The van der Waals surface area contributed by atoms with Crippen molar-refractivity contribution in [3.63, 3.8) is 0 Å². The van der Waals surface area contributed by atoms with E-state index in [4.69, 9.17) is 14.6 Å². The second-order valence-corrected chi connectivity index (χ2v) is 6.10. The number of amides is 1. The fourth-order valence-electron chi connectivity index (χ4n) is 2.54. The van der Waals surface area contributed by atoms with Gasteiger partial charge in [0.2, 0.25) is 0 Å². The number of carbonyl (C=O) groups excluding carboxylic acids is 1. The molecule has 0 fully saturated rings. The van der Waals surface area contributed by atoms with Crippen LogP contribution >= 0.6 is 0 Å². The highest BCUT2D eigenvalue weighted by atomic mass is 16.6. The van der Waals surface area contributed by atoms with Crippen LogP contribution in [0.1, 0.15) is 33.5 Å². The van der Waals surface area contributed by atoms with Crippen LogP contribution in [-0.4, -0.2) is 40.7 Å². The first-order chi connectivity index (χ1) is 11.9. The zero-order chi connectivity index (χ0) is 18.0. The predicted octanol–water partition coefficient (Wildman–Crippen LogP) is 2.05. The summed E-state index contributed by atoms with van der Waals surface area (Å²) in [5, 5.41) is 11.8. The third-order valence-corrected chi connectivity index (χ3v) is 3.91.